The van der Waals surface area contributed by atoms with Crippen molar-refractivity contribution in [1.29, 1.82) is 0 Å². The summed E-state index contributed by atoms with van der Waals surface area (Å²) in [5.74, 6) is -0.467. The van der Waals surface area contributed by atoms with E-state index in [9.17, 15) is 9.59 Å². The number of imidazole rings is 1. The van der Waals surface area contributed by atoms with Crippen molar-refractivity contribution in [2.45, 2.75) is 33.2 Å². The average Bonchev–Trinajstić information content (AvgIpc) is 3.03. The topological polar surface area (TPSA) is 75.5 Å². The Morgan fingerprint density at radius 3 is 2.54 bits per heavy atom. The molecule has 0 radical (unpaired) electrons. The van der Waals surface area contributed by atoms with Crippen molar-refractivity contribution in [3.63, 3.8) is 0 Å². The van der Waals surface area contributed by atoms with Gasteiger partial charge in [-0.1, -0.05) is 30.7 Å². The van der Waals surface area contributed by atoms with Crippen molar-refractivity contribution in [3.05, 3.63) is 65.7 Å². The fourth-order valence-corrected chi connectivity index (χ4v) is 2.58. The van der Waals surface area contributed by atoms with Crippen LogP contribution in [0.3, 0.4) is 0 Å². The molecular weight excluding hydrogens is 328 g/mol. The summed E-state index contributed by atoms with van der Waals surface area (Å²) in [6.07, 6.45) is 2.55. The second-order valence-corrected chi connectivity index (χ2v) is 6.34. The summed E-state index contributed by atoms with van der Waals surface area (Å²) in [6, 6.07) is 12.9. The van der Waals surface area contributed by atoms with Crippen LogP contribution < -0.4 is 10.6 Å². The number of hydrogen-bond acceptors (Lipinski definition) is 3. The maximum Gasteiger partial charge on any atom is 0.292 e. The summed E-state index contributed by atoms with van der Waals surface area (Å²) in [4.78, 5) is 29.6. The zero-order chi connectivity index (χ0) is 18.7. The molecular formula is C20H22N4O2. The van der Waals surface area contributed by atoms with Gasteiger partial charge in [0.15, 0.2) is 5.69 Å². The van der Waals surface area contributed by atoms with E-state index in [1.165, 1.54) is 0 Å². The first-order chi connectivity index (χ1) is 12.5. The molecule has 0 saturated carbocycles. The number of aryl methyl sites for hydroxylation is 1. The number of rotatable bonds is 5. The molecule has 0 aliphatic rings. The number of benzene rings is 1. The molecule has 2 heterocycles. The van der Waals surface area contributed by atoms with Gasteiger partial charge in [0, 0.05) is 17.9 Å². The van der Waals surface area contributed by atoms with E-state index in [0.29, 0.717) is 11.2 Å². The van der Waals surface area contributed by atoms with Gasteiger partial charge in [0.25, 0.3) is 11.8 Å². The maximum atomic E-state index is 12.7. The van der Waals surface area contributed by atoms with Crippen molar-refractivity contribution in [1.82, 2.24) is 14.7 Å². The van der Waals surface area contributed by atoms with E-state index in [1.54, 1.807) is 22.7 Å². The van der Waals surface area contributed by atoms with Crippen LogP contribution in [0.25, 0.3) is 5.52 Å². The number of nitrogens with one attached hydrogen (secondary N) is 2. The Hall–Kier alpha value is -3.15. The summed E-state index contributed by atoms with van der Waals surface area (Å²) in [6.45, 7) is 5.91. The summed E-state index contributed by atoms with van der Waals surface area (Å²) >= 11 is 0. The normalized spacial score (nSPS) is 12.0. The fourth-order valence-electron chi connectivity index (χ4n) is 2.58. The summed E-state index contributed by atoms with van der Waals surface area (Å²) in [5, 5.41) is 5.73. The molecule has 0 aliphatic heterocycles. The number of amides is 2. The standard InChI is InChI=1S/C20H22N4O2/c1-4-14(3)21-19(25)17-16-7-5-6-12-24(16)18(23-17)20(26)22-15-10-8-13(2)9-11-15/h5-12,14H,4H2,1-3H3,(H,21,25)(H,22,26). The Morgan fingerprint density at radius 2 is 1.85 bits per heavy atom. The zero-order valence-corrected chi connectivity index (χ0v) is 15.1. The Balaban J connectivity index is 1.94. The molecule has 26 heavy (non-hydrogen) atoms. The molecule has 0 saturated heterocycles. The number of hydrogen-bond donors (Lipinski definition) is 2. The first kappa shape index (κ1) is 17.7. The molecule has 1 atom stereocenters. The fraction of sp³-hybridized carbons (Fsp3) is 0.250. The van der Waals surface area contributed by atoms with Crippen LogP contribution in [-0.2, 0) is 0 Å². The zero-order valence-electron chi connectivity index (χ0n) is 15.1. The molecule has 0 spiro atoms. The second kappa shape index (κ2) is 7.39. The van der Waals surface area contributed by atoms with E-state index in [0.717, 1.165) is 12.0 Å². The van der Waals surface area contributed by atoms with Gasteiger partial charge in [-0.05, 0) is 44.5 Å². The summed E-state index contributed by atoms with van der Waals surface area (Å²) < 4.78 is 1.63. The lowest BCUT2D eigenvalue weighted by atomic mass is 10.2. The molecule has 2 amide bonds. The molecule has 0 fully saturated rings. The highest BCUT2D eigenvalue weighted by Gasteiger charge is 2.22. The van der Waals surface area contributed by atoms with Gasteiger partial charge in [0.05, 0.1) is 5.52 Å². The van der Waals surface area contributed by atoms with Crippen molar-refractivity contribution < 1.29 is 9.59 Å². The lowest BCUT2D eigenvalue weighted by molar-refractivity contribution is 0.0936. The van der Waals surface area contributed by atoms with Gasteiger partial charge < -0.3 is 10.6 Å². The van der Waals surface area contributed by atoms with E-state index < -0.39 is 0 Å². The van der Waals surface area contributed by atoms with Crippen molar-refractivity contribution in [2.75, 3.05) is 5.32 Å². The minimum absolute atomic E-state index is 0.0350. The van der Waals surface area contributed by atoms with Crippen LogP contribution in [0, 0.1) is 6.92 Å². The predicted octanol–water partition coefficient (Wildman–Crippen LogP) is 3.42. The number of nitrogens with zero attached hydrogens (tertiary/aromatic N) is 2. The number of aromatic nitrogens is 2. The predicted molar refractivity (Wildman–Crippen MR) is 102 cm³/mol. The van der Waals surface area contributed by atoms with Crippen LogP contribution in [0.1, 0.15) is 46.9 Å². The molecule has 2 aromatic heterocycles. The first-order valence-electron chi connectivity index (χ1n) is 8.65. The van der Waals surface area contributed by atoms with E-state index in [4.69, 9.17) is 0 Å². The molecule has 1 unspecified atom stereocenters. The molecule has 134 valence electrons. The smallest absolute Gasteiger partial charge is 0.292 e. The maximum absolute atomic E-state index is 12.7. The van der Waals surface area contributed by atoms with Crippen LogP contribution in [-0.4, -0.2) is 27.2 Å². The van der Waals surface area contributed by atoms with Crippen LogP contribution in [0.2, 0.25) is 0 Å². The van der Waals surface area contributed by atoms with E-state index in [1.807, 2.05) is 51.1 Å². The molecule has 1 aromatic carbocycles. The third-order valence-corrected chi connectivity index (χ3v) is 4.27. The lowest BCUT2D eigenvalue weighted by Crippen LogP contribution is -2.32. The quantitative estimate of drug-likeness (QED) is 0.740. The summed E-state index contributed by atoms with van der Waals surface area (Å²) in [5.41, 5.74) is 2.64. The monoisotopic (exact) mass is 350 g/mol. The van der Waals surface area contributed by atoms with Crippen molar-refractivity contribution in [2.24, 2.45) is 0 Å². The van der Waals surface area contributed by atoms with E-state index in [2.05, 4.69) is 15.6 Å². The Labute approximate surface area is 152 Å². The highest BCUT2D eigenvalue weighted by Crippen LogP contribution is 2.16. The number of carbonyl (C=O) groups excluding carboxylic acids is 2. The van der Waals surface area contributed by atoms with Crippen molar-refractivity contribution in [3.8, 4) is 0 Å². The highest BCUT2D eigenvalue weighted by molar-refractivity contribution is 6.06. The highest BCUT2D eigenvalue weighted by atomic mass is 16.2. The second-order valence-electron chi connectivity index (χ2n) is 6.34. The van der Waals surface area contributed by atoms with Crippen LogP contribution >= 0.6 is 0 Å². The average molecular weight is 350 g/mol. The number of pyridine rings is 1. The largest absolute Gasteiger partial charge is 0.348 e. The molecule has 3 rings (SSSR count). The Bertz CT molecular complexity index is 944. The van der Waals surface area contributed by atoms with Crippen molar-refractivity contribution >= 4 is 23.0 Å². The molecule has 0 aliphatic carbocycles. The number of carbonyl (C=O) groups is 2. The molecule has 3 aromatic rings. The molecule has 0 bridgehead atoms. The van der Waals surface area contributed by atoms with Crippen LogP contribution in [0.5, 0.6) is 0 Å². The van der Waals surface area contributed by atoms with Gasteiger partial charge in [-0.3, -0.25) is 14.0 Å². The Morgan fingerprint density at radius 1 is 1.12 bits per heavy atom. The van der Waals surface area contributed by atoms with Gasteiger partial charge >= 0.3 is 0 Å². The van der Waals surface area contributed by atoms with E-state index >= 15 is 0 Å². The van der Waals surface area contributed by atoms with E-state index in [-0.39, 0.29) is 29.4 Å². The SMILES string of the molecule is CCC(C)NC(=O)c1nc(C(=O)Nc2ccc(C)cc2)n2ccccc12. The minimum Gasteiger partial charge on any atom is -0.348 e. The van der Waals surface area contributed by atoms with Gasteiger partial charge in [0.2, 0.25) is 5.82 Å². The number of fused-ring (bicyclic) bond motifs is 1. The summed E-state index contributed by atoms with van der Waals surface area (Å²) in [7, 11) is 0. The third-order valence-electron chi connectivity index (χ3n) is 4.27. The molecule has 2 N–H and O–H groups in total. The number of anilines is 1. The minimum atomic E-state index is -0.363. The lowest BCUT2D eigenvalue weighted by Gasteiger charge is -2.09. The van der Waals surface area contributed by atoms with Gasteiger partial charge in [0.1, 0.15) is 0 Å². The third kappa shape index (κ3) is 3.59. The van der Waals surface area contributed by atoms with Crippen LogP contribution in [0.4, 0.5) is 5.69 Å². The first-order valence-corrected chi connectivity index (χ1v) is 8.65. The van der Waals surface area contributed by atoms with Gasteiger partial charge in [-0.15, -0.1) is 0 Å². The Kier molecular flexibility index (Phi) is 5.02. The van der Waals surface area contributed by atoms with Gasteiger partial charge in [-0.2, -0.15) is 0 Å². The van der Waals surface area contributed by atoms with Crippen LogP contribution in [0.15, 0.2) is 48.7 Å². The van der Waals surface area contributed by atoms with Gasteiger partial charge in [-0.25, -0.2) is 4.98 Å². The molecule has 6 heteroatoms. The molecule has 6 nitrogen and oxygen atoms in total.